The molecule has 1 fully saturated rings. The summed E-state index contributed by atoms with van der Waals surface area (Å²) in [5, 5.41) is 4.22. The molecule has 1 saturated heterocycles. The summed E-state index contributed by atoms with van der Waals surface area (Å²) in [6.45, 7) is 4.73. The van der Waals surface area contributed by atoms with Crippen molar-refractivity contribution in [2.75, 3.05) is 19.6 Å². The molecule has 2 amide bonds. The second kappa shape index (κ2) is 8.19. The van der Waals surface area contributed by atoms with E-state index < -0.39 is 11.4 Å². The molecule has 0 aliphatic carbocycles. The Morgan fingerprint density at radius 2 is 1.94 bits per heavy atom. The number of nitrogens with zero attached hydrogens (tertiary/aromatic N) is 5. The zero-order chi connectivity index (χ0) is 22.3. The van der Waals surface area contributed by atoms with Crippen LogP contribution in [0.15, 0.2) is 50.2 Å². The largest absolute Gasteiger partial charge is 0.443 e. The first-order valence-corrected chi connectivity index (χ1v) is 11.0. The summed E-state index contributed by atoms with van der Waals surface area (Å²) in [4.78, 5) is 33.3. The predicted molar refractivity (Wildman–Crippen MR) is 116 cm³/mol. The van der Waals surface area contributed by atoms with E-state index in [2.05, 4.69) is 41.9 Å². The third kappa shape index (κ3) is 4.29. The predicted octanol–water partition coefficient (Wildman–Crippen LogP) is 3.90. The van der Waals surface area contributed by atoms with E-state index >= 15 is 0 Å². The van der Waals surface area contributed by atoms with Crippen LogP contribution in [-0.2, 0) is 0 Å². The fraction of sp³-hybridized carbons (Fsp3) is 0.300. The average Bonchev–Trinajstić information content (AvgIpc) is 3.33. The van der Waals surface area contributed by atoms with Crippen molar-refractivity contribution in [3.8, 4) is 5.69 Å². The second-order valence-electron chi connectivity index (χ2n) is 7.72. The van der Waals surface area contributed by atoms with Crippen molar-refractivity contribution >= 4 is 43.7 Å². The summed E-state index contributed by atoms with van der Waals surface area (Å²) in [5.41, 5.74) is -0.187. The highest BCUT2D eigenvalue weighted by Crippen LogP contribution is 2.29. The molecule has 0 N–H and O–H groups in total. The maximum Gasteiger partial charge on any atom is 0.294 e. The number of benzene rings is 1. The molecule has 0 bridgehead atoms. The van der Waals surface area contributed by atoms with Crippen molar-refractivity contribution in [1.29, 1.82) is 0 Å². The summed E-state index contributed by atoms with van der Waals surface area (Å²) in [6, 6.07) is 7.48. The Bertz CT molecular complexity index is 1140. The van der Waals surface area contributed by atoms with E-state index in [1.807, 2.05) is 13.8 Å². The van der Waals surface area contributed by atoms with Gasteiger partial charge in [0.2, 0.25) is 5.82 Å². The molecule has 11 heteroatoms. The average molecular weight is 555 g/mol. The van der Waals surface area contributed by atoms with Gasteiger partial charge in [0.1, 0.15) is 12.1 Å². The molecule has 3 heterocycles. The molecule has 162 valence electrons. The number of rotatable bonds is 3. The van der Waals surface area contributed by atoms with Crippen molar-refractivity contribution in [1.82, 2.24) is 24.6 Å². The van der Waals surface area contributed by atoms with Gasteiger partial charge in [-0.05, 0) is 63.9 Å². The molecule has 8 nitrogen and oxygen atoms in total. The Morgan fingerprint density at radius 3 is 2.58 bits per heavy atom. The van der Waals surface area contributed by atoms with Crippen molar-refractivity contribution < 1.29 is 18.4 Å². The molecule has 1 aliphatic rings. The molecule has 0 unspecified atom stereocenters. The number of halogens is 3. The number of carbonyl (C=O) groups excluding carboxylic acids is 2. The van der Waals surface area contributed by atoms with Crippen LogP contribution in [0.1, 0.15) is 35.0 Å². The van der Waals surface area contributed by atoms with Crippen molar-refractivity contribution in [2.45, 2.75) is 19.4 Å². The summed E-state index contributed by atoms with van der Waals surface area (Å²) in [5.74, 6) is -0.782. The van der Waals surface area contributed by atoms with Gasteiger partial charge in [0.05, 0.1) is 15.7 Å². The number of carbonyl (C=O) groups is 2. The van der Waals surface area contributed by atoms with Crippen LogP contribution in [0.4, 0.5) is 4.39 Å². The number of furan rings is 1. The smallest absolute Gasteiger partial charge is 0.294 e. The first kappa shape index (κ1) is 21.7. The SMILES string of the molecule is CC1(C)CN(C(=O)c2cc(Br)c(Br)o2)CCN1C(=O)c1ncn(-c2cccc(F)c2)n1. The quantitative estimate of drug-likeness (QED) is 0.490. The molecule has 0 saturated carbocycles. The first-order chi connectivity index (χ1) is 14.7. The second-order valence-corrected chi connectivity index (χ2v) is 9.30. The van der Waals surface area contributed by atoms with Gasteiger partial charge in [-0.3, -0.25) is 9.59 Å². The molecule has 0 spiro atoms. The normalized spacial score (nSPS) is 15.9. The van der Waals surface area contributed by atoms with Crippen LogP contribution in [0.25, 0.3) is 5.69 Å². The molecule has 0 atom stereocenters. The topological polar surface area (TPSA) is 84.5 Å². The van der Waals surface area contributed by atoms with E-state index in [0.29, 0.717) is 34.5 Å². The van der Waals surface area contributed by atoms with E-state index in [9.17, 15) is 14.0 Å². The molecular weight excluding hydrogens is 537 g/mol. The van der Waals surface area contributed by atoms with Gasteiger partial charge in [-0.25, -0.2) is 14.1 Å². The number of piperazine rings is 1. The van der Waals surface area contributed by atoms with Crippen LogP contribution >= 0.6 is 31.9 Å². The molecule has 3 aromatic rings. The van der Waals surface area contributed by atoms with Crippen LogP contribution in [0.5, 0.6) is 0 Å². The third-order valence-corrected chi connectivity index (χ3v) is 6.76. The lowest BCUT2D eigenvalue weighted by Gasteiger charge is -2.46. The van der Waals surface area contributed by atoms with Crippen LogP contribution in [0.3, 0.4) is 0 Å². The zero-order valence-electron chi connectivity index (χ0n) is 16.7. The van der Waals surface area contributed by atoms with Crippen molar-refractivity contribution in [3.63, 3.8) is 0 Å². The molecule has 31 heavy (non-hydrogen) atoms. The van der Waals surface area contributed by atoms with E-state index in [0.717, 1.165) is 0 Å². The fourth-order valence-corrected chi connectivity index (χ4v) is 4.11. The Hall–Kier alpha value is -2.53. The summed E-state index contributed by atoms with van der Waals surface area (Å²) in [6.07, 6.45) is 1.38. The van der Waals surface area contributed by atoms with Gasteiger partial charge >= 0.3 is 0 Å². The molecule has 4 rings (SSSR count). The Balaban J connectivity index is 1.50. The number of hydrogen-bond donors (Lipinski definition) is 0. The van der Waals surface area contributed by atoms with Gasteiger partial charge in [-0.2, -0.15) is 0 Å². The molecular formula is C20H18Br2FN5O3. The van der Waals surface area contributed by atoms with Crippen LogP contribution in [0.2, 0.25) is 0 Å². The lowest BCUT2D eigenvalue weighted by Crippen LogP contribution is -2.62. The maximum atomic E-state index is 13.5. The zero-order valence-corrected chi connectivity index (χ0v) is 19.9. The Morgan fingerprint density at radius 1 is 1.16 bits per heavy atom. The van der Waals surface area contributed by atoms with Crippen LogP contribution in [0, 0.1) is 5.82 Å². The monoisotopic (exact) mass is 553 g/mol. The van der Waals surface area contributed by atoms with Gasteiger partial charge in [0, 0.05) is 25.7 Å². The lowest BCUT2D eigenvalue weighted by atomic mass is 9.98. The van der Waals surface area contributed by atoms with Gasteiger partial charge in [-0.1, -0.05) is 6.07 Å². The highest BCUT2D eigenvalue weighted by Gasteiger charge is 2.40. The van der Waals surface area contributed by atoms with E-state index in [-0.39, 0.29) is 23.4 Å². The maximum absolute atomic E-state index is 13.5. The van der Waals surface area contributed by atoms with Crippen LogP contribution in [-0.4, -0.2) is 61.6 Å². The minimum atomic E-state index is -0.656. The van der Waals surface area contributed by atoms with E-state index in [1.54, 1.807) is 28.0 Å². The summed E-state index contributed by atoms with van der Waals surface area (Å²) >= 11 is 6.54. The number of amides is 2. The number of hydrogen-bond acceptors (Lipinski definition) is 5. The molecule has 0 radical (unpaired) electrons. The third-order valence-electron chi connectivity index (χ3n) is 5.05. The van der Waals surface area contributed by atoms with Crippen LogP contribution < -0.4 is 0 Å². The Kier molecular flexibility index (Phi) is 5.73. The van der Waals surface area contributed by atoms with Gasteiger partial charge < -0.3 is 14.2 Å². The minimum absolute atomic E-state index is 0.0102. The standard InChI is InChI=1S/C20H18Br2FN5O3/c1-20(2)10-26(18(29)15-9-14(21)16(22)31-15)6-7-27(20)19(30)17-24-11-28(25-17)13-5-3-4-12(23)8-13/h3-5,8-9,11H,6-7,10H2,1-2H3. The highest BCUT2D eigenvalue weighted by molar-refractivity contribution is 9.13. The van der Waals surface area contributed by atoms with Crippen molar-refractivity contribution in [3.05, 3.63) is 63.2 Å². The van der Waals surface area contributed by atoms with Gasteiger partial charge in [0.15, 0.2) is 10.4 Å². The van der Waals surface area contributed by atoms with Gasteiger partial charge in [-0.15, -0.1) is 5.10 Å². The summed E-state index contributed by atoms with van der Waals surface area (Å²) < 4.78 is 21.4. The molecule has 2 aromatic heterocycles. The fourth-order valence-electron chi connectivity index (χ4n) is 3.54. The first-order valence-electron chi connectivity index (χ1n) is 9.39. The summed E-state index contributed by atoms with van der Waals surface area (Å²) in [7, 11) is 0. The Labute approximate surface area is 194 Å². The van der Waals surface area contributed by atoms with Crippen molar-refractivity contribution in [2.24, 2.45) is 0 Å². The van der Waals surface area contributed by atoms with E-state index in [4.69, 9.17) is 4.42 Å². The minimum Gasteiger partial charge on any atom is -0.443 e. The van der Waals surface area contributed by atoms with Gasteiger partial charge in [0.25, 0.3) is 11.8 Å². The number of aromatic nitrogens is 3. The molecule has 1 aromatic carbocycles. The molecule has 1 aliphatic heterocycles. The highest BCUT2D eigenvalue weighted by atomic mass is 79.9. The van der Waals surface area contributed by atoms with E-state index in [1.165, 1.54) is 23.1 Å². The lowest BCUT2D eigenvalue weighted by molar-refractivity contribution is 0.0149.